The molecule has 0 aliphatic rings. The Bertz CT molecular complexity index is 479. The third kappa shape index (κ3) is 5.09. The van der Waals surface area contributed by atoms with Gasteiger partial charge in [0, 0.05) is 17.2 Å². The monoisotopic (exact) mass is 383 g/mol. The first kappa shape index (κ1) is 15.7. The molecule has 0 aromatic heterocycles. The quantitative estimate of drug-likeness (QED) is 0.554. The van der Waals surface area contributed by atoms with Crippen LogP contribution in [-0.2, 0) is 10.2 Å². The molecular weight excluding hydrogens is 365 g/mol. The van der Waals surface area contributed by atoms with E-state index in [-0.39, 0.29) is 0 Å². The van der Waals surface area contributed by atoms with Crippen LogP contribution in [0.25, 0.3) is 0 Å². The molecule has 7 heteroatoms. The van der Waals surface area contributed by atoms with Crippen molar-refractivity contribution in [1.29, 1.82) is 0 Å². The molecule has 1 aromatic rings. The summed E-state index contributed by atoms with van der Waals surface area (Å²) in [4.78, 5) is 0. The zero-order chi connectivity index (χ0) is 13.6. The molecule has 0 saturated carbocycles. The van der Waals surface area contributed by atoms with Crippen LogP contribution in [0.5, 0.6) is 0 Å². The summed E-state index contributed by atoms with van der Waals surface area (Å²) in [6.45, 7) is 1.28. The van der Waals surface area contributed by atoms with Crippen molar-refractivity contribution >= 4 is 38.5 Å². The van der Waals surface area contributed by atoms with Crippen LogP contribution in [0, 0.1) is 3.57 Å². The number of hydrogen-bond donors (Lipinski definition) is 2. The van der Waals surface area contributed by atoms with E-state index in [9.17, 15) is 8.42 Å². The maximum absolute atomic E-state index is 12.0. The van der Waals surface area contributed by atoms with Gasteiger partial charge in [0.1, 0.15) is 0 Å². The molecule has 18 heavy (non-hydrogen) atoms. The lowest BCUT2D eigenvalue weighted by Gasteiger charge is -2.18. The Hall–Kier alpha value is -0.380. The van der Waals surface area contributed by atoms with Crippen LogP contribution in [0.3, 0.4) is 0 Å². The van der Waals surface area contributed by atoms with Crippen molar-refractivity contribution in [3.8, 4) is 0 Å². The Morgan fingerprint density at radius 1 is 1.39 bits per heavy atom. The van der Waals surface area contributed by atoms with Crippen LogP contribution >= 0.6 is 22.6 Å². The number of nitrogens with one attached hydrogen (secondary N) is 2. The van der Waals surface area contributed by atoms with Crippen molar-refractivity contribution in [2.45, 2.75) is 6.42 Å². The number of anilines is 1. The van der Waals surface area contributed by atoms with Crippen LogP contribution in [0.1, 0.15) is 6.42 Å². The third-order valence-corrected chi connectivity index (χ3v) is 4.55. The predicted octanol–water partition coefficient (Wildman–Crippen LogP) is 1.49. The molecular formula is C11H18IN3O2S. The molecule has 2 N–H and O–H groups in total. The second kappa shape index (κ2) is 7.27. The lowest BCUT2D eigenvalue weighted by molar-refractivity contribution is 0.462. The van der Waals surface area contributed by atoms with E-state index in [1.807, 2.05) is 19.2 Å². The van der Waals surface area contributed by atoms with E-state index in [2.05, 4.69) is 32.6 Å². The van der Waals surface area contributed by atoms with Crippen LogP contribution in [-0.4, -0.2) is 39.9 Å². The Labute approximate surface area is 122 Å². The van der Waals surface area contributed by atoms with Gasteiger partial charge in [0.05, 0.1) is 5.69 Å². The highest BCUT2D eigenvalue weighted by atomic mass is 127. The lowest BCUT2D eigenvalue weighted by atomic mass is 10.3. The highest BCUT2D eigenvalue weighted by Gasteiger charge is 2.16. The molecule has 0 atom stereocenters. The Morgan fingerprint density at radius 3 is 2.72 bits per heavy atom. The number of nitrogens with zero attached hydrogens (tertiary/aromatic N) is 1. The van der Waals surface area contributed by atoms with E-state index >= 15 is 0 Å². The molecule has 0 unspecified atom stereocenters. The van der Waals surface area contributed by atoms with Gasteiger partial charge < -0.3 is 5.32 Å². The standard InChI is InChI=1S/C11H18IN3O2S/c1-13-7-4-8-15(2)18(16,17)14-11-6-3-5-10(12)9-11/h3,5-6,9,13-14H,4,7-8H2,1-2H3. The van der Waals surface area contributed by atoms with E-state index in [4.69, 9.17) is 0 Å². The number of hydrogen-bond acceptors (Lipinski definition) is 3. The van der Waals surface area contributed by atoms with Crippen molar-refractivity contribution in [1.82, 2.24) is 9.62 Å². The van der Waals surface area contributed by atoms with Crippen LogP contribution in [0.2, 0.25) is 0 Å². The summed E-state index contributed by atoms with van der Waals surface area (Å²) in [6, 6.07) is 7.26. The van der Waals surface area contributed by atoms with Gasteiger partial charge in [0.2, 0.25) is 0 Å². The zero-order valence-electron chi connectivity index (χ0n) is 10.5. The molecule has 0 spiro atoms. The second-order valence-electron chi connectivity index (χ2n) is 3.90. The fourth-order valence-electron chi connectivity index (χ4n) is 1.38. The van der Waals surface area contributed by atoms with E-state index in [0.29, 0.717) is 12.2 Å². The summed E-state index contributed by atoms with van der Waals surface area (Å²) in [5, 5.41) is 2.99. The van der Waals surface area contributed by atoms with Gasteiger partial charge in [-0.15, -0.1) is 0 Å². The highest BCUT2D eigenvalue weighted by molar-refractivity contribution is 14.1. The molecule has 0 bridgehead atoms. The fourth-order valence-corrected chi connectivity index (χ4v) is 2.87. The number of halogens is 1. The van der Waals surface area contributed by atoms with Gasteiger partial charge >= 0.3 is 10.2 Å². The summed E-state index contributed by atoms with van der Waals surface area (Å²) in [5.41, 5.74) is 0.586. The largest absolute Gasteiger partial charge is 0.320 e. The van der Waals surface area contributed by atoms with E-state index < -0.39 is 10.2 Å². The van der Waals surface area contributed by atoms with Gasteiger partial charge in [-0.2, -0.15) is 12.7 Å². The van der Waals surface area contributed by atoms with Gasteiger partial charge in [0.15, 0.2) is 0 Å². The van der Waals surface area contributed by atoms with Crippen molar-refractivity contribution in [2.75, 3.05) is 31.9 Å². The summed E-state index contributed by atoms with van der Waals surface area (Å²) in [7, 11) is -0.0371. The molecule has 0 saturated heterocycles. The van der Waals surface area contributed by atoms with Crippen molar-refractivity contribution in [2.24, 2.45) is 0 Å². The van der Waals surface area contributed by atoms with E-state index in [1.165, 1.54) is 4.31 Å². The van der Waals surface area contributed by atoms with Gasteiger partial charge in [-0.1, -0.05) is 6.07 Å². The minimum absolute atomic E-state index is 0.486. The topological polar surface area (TPSA) is 61.4 Å². The van der Waals surface area contributed by atoms with E-state index in [1.54, 1.807) is 19.2 Å². The lowest BCUT2D eigenvalue weighted by Crippen LogP contribution is -2.34. The molecule has 0 fully saturated rings. The Morgan fingerprint density at radius 2 is 2.11 bits per heavy atom. The molecule has 102 valence electrons. The average Bonchev–Trinajstić information content (AvgIpc) is 2.28. The Kier molecular flexibility index (Phi) is 6.33. The summed E-state index contributed by atoms with van der Waals surface area (Å²) in [6.07, 6.45) is 0.778. The Balaban J connectivity index is 2.64. The molecule has 1 aromatic carbocycles. The first-order chi connectivity index (χ1) is 8.45. The SMILES string of the molecule is CNCCCN(C)S(=O)(=O)Nc1cccc(I)c1. The molecule has 0 aliphatic carbocycles. The van der Waals surface area contributed by atoms with Crippen LogP contribution < -0.4 is 10.0 Å². The first-order valence-corrected chi connectivity index (χ1v) is 8.12. The minimum Gasteiger partial charge on any atom is -0.320 e. The maximum Gasteiger partial charge on any atom is 0.301 e. The zero-order valence-corrected chi connectivity index (χ0v) is 13.5. The molecule has 0 aliphatic heterocycles. The smallest absolute Gasteiger partial charge is 0.301 e. The molecule has 0 amide bonds. The van der Waals surface area contributed by atoms with Gasteiger partial charge in [-0.05, 0) is 60.8 Å². The minimum atomic E-state index is -3.46. The van der Waals surface area contributed by atoms with Crippen LogP contribution in [0.4, 0.5) is 5.69 Å². The normalized spacial score (nSPS) is 11.8. The number of benzene rings is 1. The molecule has 0 radical (unpaired) electrons. The molecule has 0 heterocycles. The second-order valence-corrected chi connectivity index (χ2v) is 6.92. The molecule has 5 nitrogen and oxygen atoms in total. The van der Waals surface area contributed by atoms with Crippen molar-refractivity contribution in [3.63, 3.8) is 0 Å². The first-order valence-electron chi connectivity index (χ1n) is 5.60. The summed E-state index contributed by atoms with van der Waals surface area (Å²) >= 11 is 2.15. The van der Waals surface area contributed by atoms with Crippen molar-refractivity contribution < 1.29 is 8.42 Å². The van der Waals surface area contributed by atoms with Gasteiger partial charge in [-0.3, -0.25) is 4.72 Å². The summed E-state index contributed by atoms with van der Waals surface area (Å²) < 4.78 is 28.9. The fraction of sp³-hybridized carbons (Fsp3) is 0.455. The molecule has 1 rings (SSSR count). The highest BCUT2D eigenvalue weighted by Crippen LogP contribution is 2.14. The third-order valence-electron chi connectivity index (χ3n) is 2.38. The van der Waals surface area contributed by atoms with Crippen LogP contribution in [0.15, 0.2) is 24.3 Å². The number of rotatable bonds is 7. The van der Waals surface area contributed by atoms with Gasteiger partial charge in [-0.25, -0.2) is 0 Å². The average molecular weight is 383 g/mol. The van der Waals surface area contributed by atoms with E-state index in [0.717, 1.165) is 16.5 Å². The van der Waals surface area contributed by atoms with Gasteiger partial charge in [0.25, 0.3) is 0 Å². The van der Waals surface area contributed by atoms with Crippen molar-refractivity contribution in [3.05, 3.63) is 27.8 Å². The maximum atomic E-state index is 12.0. The summed E-state index contributed by atoms with van der Waals surface area (Å²) in [5.74, 6) is 0. The predicted molar refractivity (Wildman–Crippen MR) is 82.9 cm³/mol.